The number of carbonyl (C=O) groups excluding carboxylic acids is 1. The third kappa shape index (κ3) is 3.41. The highest BCUT2D eigenvalue weighted by atomic mass is 32.1. The normalized spacial score (nSPS) is 10.9. The predicted molar refractivity (Wildman–Crippen MR) is 97.4 cm³/mol. The van der Waals surface area contributed by atoms with E-state index < -0.39 is 0 Å². The Kier molecular flexibility index (Phi) is 4.22. The number of hydrogen-bond donors (Lipinski definition) is 1. The van der Waals surface area contributed by atoms with E-state index in [1.807, 2.05) is 54.7 Å². The molecule has 0 saturated carbocycles. The summed E-state index contributed by atoms with van der Waals surface area (Å²) in [5.74, 6) is -0.154. The van der Waals surface area contributed by atoms with E-state index in [4.69, 9.17) is 0 Å². The van der Waals surface area contributed by atoms with Crippen molar-refractivity contribution in [2.75, 3.05) is 6.54 Å². The maximum absolute atomic E-state index is 12.2. The first-order chi connectivity index (χ1) is 12.3. The van der Waals surface area contributed by atoms with Crippen molar-refractivity contribution in [1.29, 1.82) is 0 Å². The molecule has 0 atom stereocenters. The number of pyridine rings is 1. The molecule has 1 amide bonds. The molecule has 0 aliphatic carbocycles. The molecule has 4 aromatic rings. The maximum Gasteiger partial charge on any atom is 0.280 e. The number of hydrogen-bond acceptors (Lipinski definition) is 5. The second kappa shape index (κ2) is 6.82. The second-order valence-corrected chi connectivity index (χ2v) is 6.45. The number of nitrogens with one attached hydrogen (secondary N) is 1. The van der Waals surface area contributed by atoms with Crippen molar-refractivity contribution in [3.05, 3.63) is 65.9 Å². The molecule has 3 aromatic heterocycles. The molecule has 0 fully saturated rings. The molecule has 0 unspecified atom stereocenters. The van der Waals surface area contributed by atoms with E-state index in [9.17, 15) is 4.79 Å². The molecule has 25 heavy (non-hydrogen) atoms. The van der Waals surface area contributed by atoms with Gasteiger partial charge in [0.2, 0.25) is 0 Å². The van der Waals surface area contributed by atoms with E-state index in [0.29, 0.717) is 18.1 Å². The van der Waals surface area contributed by atoms with Gasteiger partial charge in [-0.3, -0.25) is 14.5 Å². The predicted octanol–water partition coefficient (Wildman–Crippen LogP) is 2.98. The fourth-order valence-electron chi connectivity index (χ4n) is 2.47. The Hall–Kier alpha value is -3.06. The minimum Gasteiger partial charge on any atom is -0.348 e. The van der Waals surface area contributed by atoms with Crippen LogP contribution in [0.1, 0.15) is 9.80 Å². The van der Waals surface area contributed by atoms with Gasteiger partial charge in [-0.1, -0.05) is 18.2 Å². The van der Waals surface area contributed by atoms with E-state index in [1.165, 1.54) is 11.3 Å². The molecule has 0 bridgehead atoms. The third-order valence-electron chi connectivity index (χ3n) is 3.68. The second-order valence-electron chi connectivity index (χ2n) is 5.42. The summed E-state index contributed by atoms with van der Waals surface area (Å²) in [4.78, 5) is 20.9. The van der Waals surface area contributed by atoms with Gasteiger partial charge in [0, 0.05) is 18.9 Å². The highest BCUT2D eigenvalue weighted by molar-refractivity contribution is 7.20. The molecule has 0 aliphatic rings. The molecular formula is C18H15N5OS. The van der Waals surface area contributed by atoms with Crippen molar-refractivity contribution >= 4 is 27.5 Å². The van der Waals surface area contributed by atoms with E-state index in [1.54, 1.807) is 10.9 Å². The Morgan fingerprint density at radius 1 is 1.08 bits per heavy atom. The number of carbonyl (C=O) groups is 1. The summed E-state index contributed by atoms with van der Waals surface area (Å²) in [6, 6.07) is 15.4. The van der Waals surface area contributed by atoms with Gasteiger partial charge in [0.1, 0.15) is 5.69 Å². The van der Waals surface area contributed by atoms with Crippen molar-refractivity contribution in [2.45, 2.75) is 6.54 Å². The molecule has 1 N–H and O–H groups in total. The molecule has 4 rings (SSSR count). The summed E-state index contributed by atoms with van der Waals surface area (Å²) in [6.45, 7) is 1.07. The van der Waals surface area contributed by atoms with Crippen LogP contribution in [-0.2, 0) is 6.54 Å². The monoisotopic (exact) mass is 349 g/mol. The van der Waals surface area contributed by atoms with Gasteiger partial charge in [-0.25, -0.2) is 4.98 Å². The van der Waals surface area contributed by atoms with Crippen LogP contribution in [0.2, 0.25) is 0 Å². The minimum absolute atomic E-state index is 0.154. The Morgan fingerprint density at radius 3 is 2.80 bits per heavy atom. The van der Waals surface area contributed by atoms with Crippen LogP contribution in [0.15, 0.2) is 60.9 Å². The van der Waals surface area contributed by atoms with Crippen LogP contribution < -0.4 is 5.32 Å². The van der Waals surface area contributed by atoms with Gasteiger partial charge in [-0.05, 0) is 30.3 Å². The fourth-order valence-corrected chi connectivity index (χ4v) is 3.35. The van der Waals surface area contributed by atoms with E-state index in [0.717, 1.165) is 21.6 Å². The van der Waals surface area contributed by atoms with Gasteiger partial charge >= 0.3 is 0 Å². The van der Waals surface area contributed by atoms with E-state index >= 15 is 0 Å². The number of aromatic nitrogens is 4. The van der Waals surface area contributed by atoms with Crippen LogP contribution >= 0.6 is 11.3 Å². The molecule has 7 heteroatoms. The molecule has 0 spiro atoms. The topological polar surface area (TPSA) is 72.7 Å². The van der Waals surface area contributed by atoms with Crippen LogP contribution in [0, 0.1) is 0 Å². The third-order valence-corrected chi connectivity index (χ3v) is 4.72. The summed E-state index contributed by atoms with van der Waals surface area (Å²) < 4.78 is 2.81. The maximum atomic E-state index is 12.2. The quantitative estimate of drug-likeness (QED) is 0.601. The van der Waals surface area contributed by atoms with E-state index in [-0.39, 0.29) is 5.91 Å². The Labute approximate surface area is 148 Å². The number of fused-ring (bicyclic) bond motifs is 1. The van der Waals surface area contributed by atoms with Crippen molar-refractivity contribution in [3.8, 4) is 11.4 Å². The lowest BCUT2D eigenvalue weighted by Crippen LogP contribution is -2.27. The Morgan fingerprint density at radius 2 is 1.96 bits per heavy atom. The average Bonchev–Trinajstić information content (AvgIpc) is 3.29. The van der Waals surface area contributed by atoms with Crippen LogP contribution in [0.25, 0.3) is 21.6 Å². The number of rotatable bonds is 5. The van der Waals surface area contributed by atoms with Gasteiger partial charge in [0.15, 0.2) is 5.01 Å². The summed E-state index contributed by atoms with van der Waals surface area (Å²) in [5.41, 5.74) is 2.50. The Bertz CT molecular complexity index is 975. The lowest BCUT2D eigenvalue weighted by atomic mass is 10.3. The lowest BCUT2D eigenvalue weighted by Gasteiger charge is -2.03. The molecule has 124 valence electrons. The molecule has 1 aromatic carbocycles. The van der Waals surface area contributed by atoms with Crippen LogP contribution in [0.4, 0.5) is 0 Å². The first kappa shape index (κ1) is 15.5. The van der Waals surface area contributed by atoms with Crippen molar-refractivity contribution in [1.82, 2.24) is 25.1 Å². The number of amides is 1. The van der Waals surface area contributed by atoms with Crippen molar-refractivity contribution in [3.63, 3.8) is 0 Å². The van der Waals surface area contributed by atoms with Gasteiger partial charge in [-0.2, -0.15) is 5.10 Å². The minimum atomic E-state index is -0.154. The summed E-state index contributed by atoms with van der Waals surface area (Å²) in [6.07, 6.45) is 3.63. The standard InChI is InChI=1S/C18H15N5OS/c24-17(18-21-15-6-1-2-7-16(15)25-18)20-10-12-23-11-8-14(22-23)13-5-3-4-9-19-13/h1-9,11H,10,12H2,(H,20,24). The van der Waals surface area contributed by atoms with Gasteiger partial charge in [-0.15, -0.1) is 11.3 Å². The summed E-state index contributed by atoms with van der Waals surface area (Å²) in [7, 11) is 0. The van der Waals surface area contributed by atoms with Crippen LogP contribution in [0.3, 0.4) is 0 Å². The van der Waals surface area contributed by atoms with E-state index in [2.05, 4.69) is 20.4 Å². The first-order valence-corrected chi connectivity index (χ1v) is 8.70. The molecule has 6 nitrogen and oxygen atoms in total. The van der Waals surface area contributed by atoms with Crippen molar-refractivity contribution < 1.29 is 4.79 Å². The number of benzene rings is 1. The molecule has 0 aliphatic heterocycles. The Balaban J connectivity index is 1.36. The average molecular weight is 349 g/mol. The van der Waals surface area contributed by atoms with Gasteiger partial charge in [0.05, 0.1) is 22.5 Å². The zero-order valence-corrected chi connectivity index (χ0v) is 14.1. The molecule has 0 saturated heterocycles. The lowest BCUT2D eigenvalue weighted by molar-refractivity contribution is 0.0952. The smallest absolute Gasteiger partial charge is 0.280 e. The molecule has 3 heterocycles. The summed E-state index contributed by atoms with van der Waals surface area (Å²) >= 11 is 1.40. The largest absolute Gasteiger partial charge is 0.348 e. The summed E-state index contributed by atoms with van der Waals surface area (Å²) in [5, 5.41) is 7.85. The van der Waals surface area contributed by atoms with Gasteiger partial charge < -0.3 is 5.32 Å². The molecule has 0 radical (unpaired) electrons. The molecular weight excluding hydrogens is 334 g/mol. The van der Waals surface area contributed by atoms with Crippen LogP contribution in [-0.4, -0.2) is 32.2 Å². The zero-order valence-electron chi connectivity index (χ0n) is 13.3. The van der Waals surface area contributed by atoms with Gasteiger partial charge in [0.25, 0.3) is 5.91 Å². The highest BCUT2D eigenvalue weighted by Gasteiger charge is 2.11. The van der Waals surface area contributed by atoms with Crippen LogP contribution in [0.5, 0.6) is 0 Å². The number of para-hydroxylation sites is 1. The highest BCUT2D eigenvalue weighted by Crippen LogP contribution is 2.21. The number of thiazole rings is 1. The van der Waals surface area contributed by atoms with Crippen molar-refractivity contribution in [2.24, 2.45) is 0 Å². The number of nitrogens with zero attached hydrogens (tertiary/aromatic N) is 4. The first-order valence-electron chi connectivity index (χ1n) is 7.88. The SMILES string of the molecule is O=C(NCCn1ccc(-c2ccccn2)n1)c1nc2ccccc2s1. The fraction of sp³-hybridized carbons (Fsp3) is 0.111. The zero-order chi connectivity index (χ0) is 17.1.